The lowest BCUT2D eigenvalue weighted by molar-refractivity contribution is -0.137. The van der Waals surface area contributed by atoms with Crippen molar-refractivity contribution in [2.45, 2.75) is 23.6 Å². The van der Waals surface area contributed by atoms with E-state index in [4.69, 9.17) is 0 Å². The molecule has 0 radical (unpaired) electrons. The minimum atomic E-state index is -0.686. The lowest BCUT2D eigenvalue weighted by Gasteiger charge is -2.46. The predicted octanol–water partition coefficient (Wildman–Crippen LogP) is 1.19. The van der Waals surface area contributed by atoms with Crippen LogP contribution in [0.1, 0.15) is 19.0 Å². The van der Waals surface area contributed by atoms with Crippen LogP contribution in [0.15, 0.2) is 36.7 Å². The minimum Gasteiger partial charge on any atom is -0.333 e. The third-order valence-corrected chi connectivity index (χ3v) is 4.63. The Morgan fingerprint density at radius 2 is 2.42 bits per heavy atom. The van der Waals surface area contributed by atoms with E-state index >= 15 is 0 Å². The lowest BCUT2D eigenvalue weighted by atomic mass is 10.1. The molecule has 98 valence electrons. The standard InChI is InChI=1S/C13H13N3O2S/c1-9(17)15-13(10-4-2-3-6-14-10)5-7-16-11(18)8-12(16)19-13/h2-7,12H,8H2,1H3,(H,15,17)/t12-,13?/m1/s1. The van der Waals surface area contributed by atoms with Gasteiger partial charge in [0.1, 0.15) is 0 Å². The fourth-order valence-electron chi connectivity index (χ4n) is 2.24. The fraction of sp³-hybridized carbons (Fsp3) is 0.308. The number of nitrogens with one attached hydrogen (secondary N) is 1. The second-order valence-corrected chi connectivity index (χ2v) is 5.95. The van der Waals surface area contributed by atoms with E-state index < -0.39 is 4.87 Å². The van der Waals surface area contributed by atoms with Crippen molar-refractivity contribution in [3.63, 3.8) is 0 Å². The molecule has 1 fully saturated rings. The van der Waals surface area contributed by atoms with Crippen LogP contribution in [0.25, 0.3) is 0 Å². The molecular weight excluding hydrogens is 262 g/mol. The largest absolute Gasteiger partial charge is 0.333 e. The van der Waals surface area contributed by atoms with Crippen molar-refractivity contribution in [1.29, 1.82) is 0 Å². The molecule has 2 aliphatic rings. The van der Waals surface area contributed by atoms with Crippen LogP contribution in [-0.2, 0) is 14.5 Å². The number of amides is 2. The number of carbonyl (C=O) groups is 2. The molecule has 3 heterocycles. The summed E-state index contributed by atoms with van der Waals surface area (Å²) >= 11 is 1.54. The number of nitrogens with zero attached hydrogens (tertiary/aromatic N) is 2. The molecule has 19 heavy (non-hydrogen) atoms. The molecule has 6 heteroatoms. The number of rotatable bonds is 2. The van der Waals surface area contributed by atoms with Crippen LogP contribution in [0.4, 0.5) is 0 Å². The Kier molecular flexibility index (Phi) is 2.82. The molecule has 1 N–H and O–H groups in total. The van der Waals surface area contributed by atoms with Gasteiger partial charge in [0.05, 0.1) is 17.5 Å². The Morgan fingerprint density at radius 3 is 3.00 bits per heavy atom. The van der Waals surface area contributed by atoms with Crippen LogP contribution < -0.4 is 5.32 Å². The van der Waals surface area contributed by atoms with E-state index in [-0.39, 0.29) is 17.2 Å². The summed E-state index contributed by atoms with van der Waals surface area (Å²) in [5.74, 6) is -0.00639. The Hall–Kier alpha value is -1.82. The zero-order valence-corrected chi connectivity index (χ0v) is 11.2. The van der Waals surface area contributed by atoms with E-state index in [0.717, 1.165) is 5.69 Å². The summed E-state index contributed by atoms with van der Waals surface area (Å²) in [4.78, 5) is 28.2. The maximum absolute atomic E-state index is 11.5. The summed E-state index contributed by atoms with van der Waals surface area (Å²) in [6.45, 7) is 1.48. The average molecular weight is 275 g/mol. The number of aromatic nitrogens is 1. The molecule has 0 spiro atoms. The van der Waals surface area contributed by atoms with Gasteiger partial charge < -0.3 is 10.2 Å². The molecule has 1 saturated heterocycles. The molecule has 1 unspecified atom stereocenters. The van der Waals surface area contributed by atoms with Crippen molar-refractivity contribution in [2.24, 2.45) is 0 Å². The Bertz CT molecular complexity index is 560. The highest BCUT2D eigenvalue weighted by Crippen LogP contribution is 2.46. The van der Waals surface area contributed by atoms with Gasteiger partial charge in [-0.1, -0.05) is 17.8 Å². The van der Waals surface area contributed by atoms with Crippen molar-refractivity contribution < 1.29 is 9.59 Å². The van der Waals surface area contributed by atoms with Crippen LogP contribution >= 0.6 is 11.8 Å². The van der Waals surface area contributed by atoms with E-state index in [1.54, 1.807) is 17.3 Å². The first-order chi connectivity index (χ1) is 9.11. The third kappa shape index (κ3) is 2.02. The number of pyridine rings is 1. The fourth-order valence-corrected chi connectivity index (χ4v) is 3.78. The molecule has 2 atom stereocenters. The minimum absolute atomic E-state index is 0.0753. The van der Waals surface area contributed by atoms with Gasteiger partial charge in [-0.05, 0) is 18.2 Å². The van der Waals surface area contributed by atoms with Gasteiger partial charge in [-0.15, -0.1) is 0 Å². The van der Waals surface area contributed by atoms with Crippen molar-refractivity contribution in [2.75, 3.05) is 0 Å². The first kappa shape index (κ1) is 12.2. The van der Waals surface area contributed by atoms with Crippen molar-refractivity contribution in [1.82, 2.24) is 15.2 Å². The summed E-state index contributed by atoms with van der Waals surface area (Å²) in [5, 5.41) is 3.02. The quantitative estimate of drug-likeness (QED) is 0.824. The Balaban J connectivity index is 1.99. The van der Waals surface area contributed by atoms with Gasteiger partial charge in [-0.25, -0.2) is 0 Å². The molecule has 0 aromatic carbocycles. The van der Waals surface area contributed by atoms with Crippen LogP contribution in [0.3, 0.4) is 0 Å². The van der Waals surface area contributed by atoms with Gasteiger partial charge in [-0.3, -0.25) is 14.6 Å². The maximum atomic E-state index is 11.5. The zero-order valence-electron chi connectivity index (χ0n) is 10.4. The average Bonchev–Trinajstić information content (AvgIpc) is 2.38. The van der Waals surface area contributed by atoms with Gasteiger partial charge in [0, 0.05) is 19.3 Å². The van der Waals surface area contributed by atoms with Gasteiger partial charge in [-0.2, -0.15) is 0 Å². The number of hydrogen-bond acceptors (Lipinski definition) is 4. The number of β-lactam (4-membered cyclic amide) rings is 1. The van der Waals surface area contributed by atoms with Crippen molar-refractivity contribution >= 4 is 23.6 Å². The highest BCUT2D eigenvalue weighted by molar-refractivity contribution is 8.01. The highest BCUT2D eigenvalue weighted by Gasteiger charge is 2.47. The van der Waals surface area contributed by atoms with E-state index in [2.05, 4.69) is 10.3 Å². The number of fused-ring (bicyclic) bond motifs is 1. The molecule has 0 saturated carbocycles. The van der Waals surface area contributed by atoms with Crippen LogP contribution in [0.5, 0.6) is 0 Å². The van der Waals surface area contributed by atoms with E-state index in [9.17, 15) is 9.59 Å². The predicted molar refractivity (Wildman–Crippen MR) is 71.7 cm³/mol. The van der Waals surface area contributed by atoms with E-state index in [1.165, 1.54) is 18.7 Å². The SMILES string of the molecule is CC(=O)NC1(c2ccccn2)C=CN2C(=O)C[C@H]2S1. The molecule has 5 nitrogen and oxygen atoms in total. The molecular formula is C13H13N3O2S. The summed E-state index contributed by atoms with van der Waals surface area (Å²) in [6, 6.07) is 5.60. The van der Waals surface area contributed by atoms with Crippen molar-refractivity contribution in [3.8, 4) is 0 Å². The molecule has 1 aromatic heterocycles. The Labute approximate surface area is 115 Å². The number of hydrogen-bond donors (Lipinski definition) is 1. The number of carbonyl (C=O) groups excluding carboxylic acids is 2. The van der Waals surface area contributed by atoms with Crippen LogP contribution in [0.2, 0.25) is 0 Å². The monoisotopic (exact) mass is 275 g/mol. The number of thioether (sulfide) groups is 1. The highest BCUT2D eigenvalue weighted by atomic mass is 32.2. The maximum Gasteiger partial charge on any atom is 0.230 e. The van der Waals surface area contributed by atoms with Crippen LogP contribution in [-0.4, -0.2) is 27.1 Å². The summed E-state index contributed by atoms with van der Waals surface area (Å²) < 4.78 is 0. The topological polar surface area (TPSA) is 62.3 Å². The van der Waals surface area contributed by atoms with Gasteiger partial charge in [0.15, 0.2) is 4.87 Å². The molecule has 1 aromatic rings. The first-order valence-corrected chi connectivity index (χ1v) is 6.87. The second-order valence-electron chi connectivity index (χ2n) is 4.53. The van der Waals surface area contributed by atoms with Gasteiger partial charge in [0.2, 0.25) is 11.8 Å². The van der Waals surface area contributed by atoms with E-state index in [1.807, 2.05) is 24.3 Å². The van der Waals surface area contributed by atoms with Crippen molar-refractivity contribution in [3.05, 3.63) is 42.4 Å². The zero-order chi connectivity index (χ0) is 13.5. The summed E-state index contributed by atoms with van der Waals surface area (Å²) in [7, 11) is 0. The van der Waals surface area contributed by atoms with Gasteiger partial charge in [0.25, 0.3) is 0 Å². The van der Waals surface area contributed by atoms with E-state index in [0.29, 0.717) is 6.42 Å². The Morgan fingerprint density at radius 1 is 1.58 bits per heavy atom. The smallest absolute Gasteiger partial charge is 0.230 e. The molecule has 2 amide bonds. The van der Waals surface area contributed by atoms with Gasteiger partial charge >= 0.3 is 0 Å². The summed E-state index contributed by atoms with van der Waals surface area (Å²) in [5.41, 5.74) is 0.769. The summed E-state index contributed by atoms with van der Waals surface area (Å²) in [6.07, 6.45) is 5.78. The molecule has 0 aliphatic carbocycles. The normalized spacial score (nSPS) is 28.6. The second kappa shape index (κ2) is 4.38. The molecule has 3 rings (SSSR count). The third-order valence-electron chi connectivity index (χ3n) is 3.15. The molecule has 0 bridgehead atoms. The first-order valence-electron chi connectivity index (χ1n) is 5.99. The lowest BCUT2D eigenvalue weighted by Crippen LogP contribution is -2.55. The molecule has 2 aliphatic heterocycles. The van der Waals surface area contributed by atoms with Crippen LogP contribution in [0, 0.1) is 0 Å².